The lowest BCUT2D eigenvalue weighted by Crippen LogP contribution is -2.26. The number of hydrogen-bond acceptors (Lipinski definition) is 3. The van der Waals surface area contributed by atoms with E-state index in [1.807, 2.05) is 0 Å². The van der Waals surface area contributed by atoms with Crippen LogP contribution < -0.4 is 5.73 Å². The van der Waals surface area contributed by atoms with Crippen LogP contribution in [0.3, 0.4) is 0 Å². The van der Waals surface area contributed by atoms with Crippen molar-refractivity contribution in [3.05, 3.63) is 29.3 Å². The molecule has 0 spiro atoms. The van der Waals surface area contributed by atoms with E-state index in [9.17, 15) is 17.4 Å². The molecule has 0 radical (unpaired) electrons. The van der Waals surface area contributed by atoms with Gasteiger partial charge in [0.1, 0.15) is 0 Å². The summed E-state index contributed by atoms with van der Waals surface area (Å²) < 4.78 is 56.2. The third kappa shape index (κ3) is 3.73. The molecule has 2 N–H and O–H groups in total. The third-order valence-corrected chi connectivity index (χ3v) is 5.09. The first-order valence-electron chi connectivity index (χ1n) is 6.28. The fraction of sp³-hybridized carbons (Fsp3) is 0.538. The van der Waals surface area contributed by atoms with E-state index in [0.717, 1.165) is 6.07 Å². The molecule has 1 aromatic carbocycles. The van der Waals surface area contributed by atoms with E-state index in [1.54, 1.807) is 0 Å². The van der Waals surface area contributed by atoms with Crippen LogP contribution in [-0.4, -0.2) is 22.7 Å². The summed E-state index contributed by atoms with van der Waals surface area (Å²) in [6.45, 7) is 1.04. The molecule has 1 atom stereocenters. The van der Waals surface area contributed by atoms with Crippen molar-refractivity contribution in [1.29, 1.82) is 0 Å². The van der Waals surface area contributed by atoms with Crippen molar-refractivity contribution < 1.29 is 22.1 Å². The molecule has 0 aliphatic carbocycles. The van der Waals surface area contributed by atoms with E-state index in [0.29, 0.717) is 26.1 Å². The van der Waals surface area contributed by atoms with E-state index < -0.39 is 22.5 Å². The largest absolute Gasteiger partial charge is 0.416 e. The fourth-order valence-electron chi connectivity index (χ4n) is 2.19. The third-order valence-electron chi connectivity index (χ3n) is 3.28. The van der Waals surface area contributed by atoms with Crippen molar-refractivity contribution in [3.8, 4) is 0 Å². The van der Waals surface area contributed by atoms with Gasteiger partial charge >= 0.3 is 6.18 Å². The van der Waals surface area contributed by atoms with Crippen LogP contribution in [0.5, 0.6) is 0 Å². The van der Waals surface area contributed by atoms with Gasteiger partial charge < -0.3 is 10.5 Å². The lowest BCUT2D eigenvalue weighted by Gasteiger charge is -2.22. The second kappa shape index (κ2) is 6.13. The van der Waals surface area contributed by atoms with Gasteiger partial charge in [0.05, 0.1) is 5.56 Å². The van der Waals surface area contributed by atoms with Crippen molar-refractivity contribution in [3.63, 3.8) is 0 Å². The van der Waals surface area contributed by atoms with E-state index in [2.05, 4.69) is 0 Å². The Morgan fingerprint density at radius 1 is 1.30 bits per heavy atom. The summed E-state index contributed by atoms with van der Waals surface area (Å²) in [5.74, 6) is -0.0974. The Bertz CT molecular complexity index is 499. The van der Waals surface area contributed by atoms with Crippen LogP contribution in [0.2, 0.25) is 0 Å². The molecule has 1 aromatic rings. The van der Waals surface area contributed by atoms with Crippen molar-refractivity contribution in [2.45, 2.75) is 30.0 Å². The summed E-state index contributed by atoms with van der Waals surface area (Å²) >= 11 is 0. The van der Waals surface area contributed by atoms with Crippen LogP contribution >= 0.6 is 0 Å². The van der Waals surface area contributed by atoms with Gasteiger partial charge in [0.25, 0.3) is 0 Å². The fourth-order valence-corrected chi connectivity index (χ4v) is 3.71. The van der Waals surface area contributed by atoms with Gasteiger partial charge in [-0.2, -0.15) is 13.2 Å². The zero-order chi connectivity index (χ0) is 14.8. The van der Waals surface area contributed by atoms with Crippen LogP contribution in [0.4, 0.5) is 18.9 Å². The normalized spacial score (nSPS) is 18.9. The average Bonchev–Trinajstić information content (AvgIpc) is 2.40. The summed E-state index contributed by atoms with van der Waals surface area (Å²) in [5, 5.41) is -0.0950. The maximum absolute atomic E-state index is 12.9. The first-order valence-corrected chi connectivity index (χ1v) is 7.66. The number of nitrogens with two attached hydrogens (primary N) is 1. The molecule has 0 saturated carbocycles. The molecule has 0 aromatic heterocycles. The monoisotopic (exact) mass is 307 g/mol. The molecule has 2 rings (SSSR count). The number of hydrogen-bond donors (Lipinski definition) is 1. The minimum absolute atomic E-state index is 0.0384. The highest BCUT2D eigenvalue weighted by Crippen LogP contribution is 2.34. The number of benzene rings is 1. The first-order chi connectivity index (χ1) is 9.38. The molecule has 20 heavy (non-hydrogen) atoms. The van der Waals surface area contributed by atoms with Gasteiger partial charge in [-0.05, 0) is 30.5 Å². The van der Waals surface area contributed by atoms with Crippen molar-refractivity contribution in [2.24, 2.45) is 0 Å². The molecule has 1 saturated heterocycles. The summed E-state index contributed by atoms with van der Waals surface area (Å²) in [5.41, 5.74) is 4.70. The van der Waals surface area contributed by atoms with Crippen LogP contribution in [0.25, 0.3) is 0 Å². The van der Waals surface area contributed by atoms with Crippen molar-refractivity contribution in [2.75, 3.05) is 18.9 Å². The molecule has 112 valence electrons. The highest BCUT2D eigenvalue weighted by atomic mass is 32.2. The number of alkyl halides is 3. The van der Waals surface area contributed by atoms with E-state index >= 15 is 0 Å². The minimum atomic E-state index is -4.48. The topological polar surface area (TPSA) is 52.3 Å². The summed E-state index contributed by atoms with van der Waals surface area (Å²) in [4.78, 5) is 0. The Morgan fingerprint density at radius 3 is 2.55 bits per heavy atom. The highest BCUT2D eigenvalue weighted by molar-refractivity contribution is 7.84. The molecule has 1 aliphatic heterocycles. The van der Waals surface area contributed by atoms with Crippen molar-refractivity contribution >= 4 is 16.5 Å². The molecule has 1 unspecified atom stereocenters. The Labute approximate surface area is 117 Å². The number of nitrogen functional groups attached to an aromatic ring is 1. The Kier molecular flexibility index (Phi) is 4.70. The maximum atomic E-state index is 12.9. The SMILES string of the molecule is Nc1ccc(CS(=O)C2CCOCC2)c(C(F)(F)F)c1. The summed E-state index contributed by atoms with van der Waals surface area (Å²) in [6, 6.07) is 3.62. The Morgan fingerprint density at radius 2 is 1.95 bits per heavy atom. The van der Waals surface area contributed by atoms with Crippen molar-refractivity contribution in [1.82, 2.24) is 0 Å². The zero-order valence-electron chi connectivity index (χ0n) is 10.8. The Balaban J connectivity index is 2.18. The molecule has 7 heteroatoms. The molecule has 1 aliphatic rings. The van der Waals surface area contributed by atoms with E-state index in [4.69, 9.17) is 10.5 Å². The summed E-state index contributed by atoms with van der Waals surface area (Å²) in [6.07, 6.45) is -3.23. The quantitative estimate of drug-likeness (QED) is 0.874. The maximum Gasteiger partial charge on any atom is 0.416 e. The standard InChI is InChI=1S/C13H16F3NO2S/c14-13(15,16)12-7-10(17)2-1-9(12)8-20(18)11-3-5-19-6-4-11/h1-2,7,11H,3-6,8,17H2. The van der Waals surface area contributed by atoms with Gasteiger partial charge in [0.15, 0.2) is 0 Å². The predicted octanol–water partition coefficient (Wildman–Crippen LogP) is 2.72. The molecular weight excluding hydrogens is 291 g/mol. The number of ether oxygens (including phenoxy) is 1. The molecule has 1 heterocycles. The molecular formula is C13H16F3NO2S. The first kappa shape index (κ1) is 15.3. The lowest BCUT2D eigenvalue weighted by atomic mass is 10.1. The van der Waals surface area contributed by atoms with Gasteiger partial charge in [-0.1, -0.05) is 6.07 Å². The molecule has 0 bridgehead atoms. The van der Waals surface area contributed by atoms with Crippen LogP contribution in [0.15, 0.2) is 18.2 Å². The van der Waals surface area contributed by atoms with Gasteiger partial charge in [-0.15, -0.1) is 0 Å². The van der Waals surface area contributed by atoms with Crippen LogP contribution in [-0.2, 0) is 27.5 Å². The lowest BCUT2D eigenvalue weighted by molar-refractivity contribution is -0.138. The zero-order valence-corrected chi connectivity index (χ0v) is 11.6. The Hall–Kier alpha value is -1.08. The average molecular weight is 307 g/mol. The number of halogens is 3. The van der Waals surface area contributed by atoms with E-state index in [-0.39, 0.29) is 22.3 Å². The summed E-state index contributed by atoms with van der Waals surface area (Å²) in [7, 11) is -1.33. The molecule has 0 amide bonds. The highest BCUT2D eigenvalue weighted by Gasteiger charge is 2.34. The minimum Gasteiger partial charge on any atom is -0.399 e. The van der Waals surface area contributed by atoms with Gasteiger partial charge in [0, 0.05) is 40.7 Å². The van der Waals surface area contributed by atoms with Gasteiger partial charge in [-0.3, -0.25) is 4.21 Å². The second-order valence-corrected chi connectivity index (χ2v) is 6.47. The van der Waals surface area contributed by atoms with Gasteiger partial charge in [0.2, 0.25) is 0 Å². The van der Waals surface area contributed by atoms with Crippen LogP contribution in [0, 0.1) is 0 Å². The predicted molar refractivity (Wildman–Crippen MR) is 71.5 cm³/mol. The van der Waals surface area contributed by atoms with Gasteiger partial charge in [-0.25, -0.2) is 0 Å². The second-order valence-electron chi connectivity index (χ2n) is 4.75. The smallest absolute Gasteiger partial charge is 0.399 e. The number of anilines is 1. The van der Waals surface area contributed by atoms with E-state index in [1.165, 1.54) is 12.1 Å². The number of rotatable bonds is 3. The molecule has 1 fully saturated rings. The van der Waals surface area contributed by atoms with Crippen LogP contribution in [0.1, 0.15) is 24.0 Å². The molecule has 3 nitrogen and oxygen atoms in total.